The number of halogens is 4. The van der Waals surface area contributed by atoms with Crippen LogP contribution in [0.25, 0.3) is 0 Å². The minimum Gasteiger partial charge on any atom is -0.489 e. The van der Waals surface area contributed by atoms with Gasteiger partial charge < -0.3 is 14.2 Å². The van der Waals surface area contributed by atoms with Gasteiger partial charge in [-0.2, -0.15) is 8.78 Å². The second-order valence-corrected chi connectivity index (χ2v) is 11.9. The zero-order chi connectivity index (χ0) is 28.9. The summed E-state index contributed by atoms with van der Waals surface area (Å²) in [4.78, 5) is 12.9. The van der Waals surface area contributed by atoms with Crippen LogP contribution in [0.3, 0.4) is 0 Å². The lowest BCUT2D eigenvalue weighted by molar-refractivity contribution is -0.671. The fourth-order valence-electron chi connectivity index (χ4n) is 3.81. The van der Waals surface area contributed by atoms with Gasteiger partial charge in [0.1, 0.15) is 23.2 Å². The standard InChI is InChI=1S/C28H26Cl2F2NO6S/c1-33-15-22(29)21(23(30)16-33)14-25(38-27(34)11-12-40(35,36)20-5-3-2-4-6-20)19-9-10-24(39-28(31)32)26(13-19)37-17-18-7-8-18/h2-6,9-13,15-16,18,25,28H,7-8,14,17H2,1H3/q+1. The monoisotopic (exact) mass is 612 g/mol. The highest BCUT2D eigenvalue weighted by Gasteiger charge is 2.26. The molecule has 1 unspecified atom stereocenters. The van der Waals surface area contributed by atoms with Crippen molar-refractivity contribution in [1.29, 1.82) is 0 Å². The highest BCUT2D eigenvalue weighted by atomic mass is 35.5. The first-order chi connectivity index (χ1) is 19.0. The average Bonchev–Trinajstić information content (AvgIpc) is 3.73. The van der Waals surface area contributed by atoms with Gasteiger partial charge in [-0.1, -0.05) is 47.5 Å². The first-order valence-corrected chi connectivity index (χ1v) is 14.6. The van der Waals surface area contributed by atoms with Gasteiger partial charge in [-0.05, 0) is 48.6 Å². The van der Waals surface area contributed by atoms with Crippen LogP contribution < -0.4 is 14.0 Å². The Labute approximate surface area is 240 Å². The van der Waals surface area contributed by atoms with Crippen LogP contribution in [0.15, 0.2) is 77.3 Å². The molecule has 0 radical (unpaired) electrons. The third-order valence-electron chi connectivity index (χ3n) is 6.04. The van der Waals surface area contributed by atoms with Crippen LogP contribution in [0.2, 0.25) is 10.0 Å². The van der Waals surface area contributed by atoms with Gasteiger partial charge in [0.25, 0.3) is 0 Å². The Bertz CT molecular complexity index is 1470. The fourth-order valence-corrected chi connectivity index (χ4v) is 5.51. The second-order valence-electron chi connectivity index (χ2n) is 9.23. The van der Waals surface area contributed by atoms with E-state index in [1.807, 2.05) is 0 Å². The van der Waals surface area contributed by atoms with Crippen LogP contribution in [0.1, 0.15) is 30.1 Å². The van der Waals surface area contributed by atoms with E-state index < -0.39 is 28.5 Å². The molecule has 0 aliphatic heterocycles. The Hall–Kier alpha value is -3.21. The summed E-state index contributed by atoms with van der Waals surface area (Å²) in [6.45, 7) is -2.75. The average molecular weight is 613 g/mol. The molecule has 1 aliphatic carbocycles. The fraction of sp³-hybridized carbons (Fsp3) is 0.286. The smallest absolute Gasteiger partial charge is 0.387 e. The minimum absolute atomic E-state index is 0.000633. The van der Waals surface area contributed by atoms with Crippen molar-refractivity contribution in [2.24, 2.45) is 13.0 Å². The van der Waals surface area contributed by atoms with Gasteiger partial charge in [-0.3, -0.25) is 0 Å². The van der Waals surface area contributed by atoms with Gasteiger partial charge in [0.2, 0.25) is 0 Å². The first kappa shape index (κ1) is 29.8. The van der Waals surface area contributed by atoms with Gasteiger partial charge in [-0.25, -0.2) is 17.8 Å². The van der Waals surface area contributed by atoms with E-state index in [9.17, 15) is 22.0 Å². The molecule has 1 aliphatic rings. The molecule has 1 heterocycles. The van der Waals surface area contributed by atoms with Crippen molar-refractivity contribution in [1.82, 2.24) is 0 Å². The summed E-state index contributed by atoms with van der Waals surface area (Å²) in [7, 11) is -2.16. The number of rotatable bonds is 12. The van der Waals surface area contributed by atoms with Crippen LogP contribution in [-0.2, 0) is 32.8 Å². The van der Waals surface area contributed by atoms with E-state index >= 15 is 0 Å². The van der Waals surface area contributed by atoms with Crippen molar-refractivity contribution in [2.45, 2.75) is 36.9 Å². The molecule has 0 amide bonds. The molecule has 1 atom stereocenters. The molecule has 4 rings (SSSR count). The summed E-state index contributed by atoms with van der Waals surface area (Å²) in [5, 5.41) is 1.37. The van der Waals surface area contributed by atoms with Crippen molar-refractivity contribution in [3.05, 3.63) is 93.6 Å². The molecule has 1 saturated carbocycles. The number of aryl methyl sites for hydroxylation is 1. The molecule has 7 nitrogen and oxygen atoms in total. The lowest BCUT2D eigenvalue weighted by atomic mass is 10.0. The van der Waals surface area contributed by atoms with Gasteiger partial charge in [0, 0.05) is 23.5 Å². The van der Waals surface area contributed by atoms with Crippen molar-refractivity contribution in [3.63, 3.8) is 0 Å². The molecule has 1 aromatic heterocycles. The maximum absolute atomic E-state index is 13.0. The number of nitrogens with zero attached hydrogens (tertiary/aromatic N) is 1. The molecular weight excluding hydrogens is 587 g/mol. The number of ether oxygens (including phenoxy) is 3. The van der Waals surface area contributed by atoms with Crippen LogP contribution in [0.4, 0.5) is 8.78 Å². The number of hydrogen-bond acceptors (Lipinski definition) is 6. The number of aromatic nitrogens is 1. The van der Waals surface area contributed by atoms with Crippen LogP contribution >= 0.6 is 23.2 Å². The van der Waals surface area contributed by atoms with Crippen molar-refractivity contribution >= 4 is 39.0 Å². The second kappa shape index (κ2) is 13.0. The predicted octanol–water partition coefficient (Wildman–Crippen LogP) is 6.02. The topological polar surface area (TPSA) is 82.8 Å². The van der Waals surface area contributed by atoms with E-state index in [1.165, 1.54) is 30.3 Å². The molecule has 1 fully saturated rings. The summed E-state index contributed by atoms with van der Waals surface area (Å²) >= 11 is 12.9. The van der Waals surface area contributed by atoms with E-state index in [0.717, 1.165) is 24.3 Å². The highest BCUT2D eigenvalue weighted by Crippen LogP contribution is 2.37. The van der Waals surface area contributed by atoms with E-state index in [2.05, 4.69) is 4.74 Å². The van der Waals surface area contributed by atoms with Gasteiger partial charge in [0.05, 0.1) is 11.5 Å². The number of benzene rings is 2. The summed E-state index contributed by atoms with van der Waals surface area (Å²) in [5.41, 5.74) is 0.842. The largest absolute Gasteiger partial charge is 0.489 e. The quantitative estimate of drug-likeness (QED) is 0.141. The zero-order valence-electron chi connectivity index (χ0n) is 21.3. The van der Waals surface area contributed by atoms with Gasteiger partial charge in [-0.15, -0.1) is 0 Å². The molecule has 0 bridgehead atoms. The molecular formula is C28H26Cl2F2NO6S+. The molecule has 3 aromatic rings. The molecule has 0 spiro atoms. The maximum atomic E-state index is 13.0. The lowest BCUT2D eigenvalue weighted by Gasteiger charge is -2.21. The molecule has 212 valence electrons. The summed E-state index contributed by atoms with van der Waals surface area (Å²) < 4.78 is 68.9. The predicted molar refractivity (Wildman–Crippen MR) is 144 cm³/mol. The van der Waals surface area contributed by atoms with Crippen LogP contribution in [-0.4, -0.2) is 27.6 Å². The Morgan fingerprint density at radius 3 is 2.38 bits per heavy atom. The third-order valence-corrected chi connectivity index (χ3v) is 8.12. The normalized spacial score (nSPS) is 14.3. The Balaban J connectivity index is 1.65. The van der Waals surface area contributed by atoms with Gasteiger partial charge in [0.15, 0.2) is 33.7 Å². The molecule has 0 N–H and O–H groups in total. The number of alkyl halides is 2. The Morgan fingerprint density at radius 1 is 1.07 bits per heavy atom. The summed E-state index contributed by atoms with van der Waals surface area (Å²) in [6, 6.07) is 11.8. The highest BCUT2D eigenvalue weighted by molar-refractivity contribution is 7.94. The number of esters is 1. The van der Waals surface area contributed by atoms with E-state index in [4.69, 9.17) is 32.7 Å². The van der Waals surface area contributed by atoms with E-state index in [-0.39, 0.29) is 22.8 Å². The summed E-state index contributed by atoms with van der Waals surface area (Å²) in [6.07, 6.45) is 4.97. The number of carbonyl (C=O) groups is 1. The maximum Gasteiger partial charge on any atom is 0.387 e. The van der Waals surface area contributed by atoms with Gasteiger partial charge >= 0.3 is 12.6 Å². The molecule has 12 heteroatoms. The number of hydrogen-bond donors (Lipinski definition) is 0. The van der Waals surface area contributed by atoms with Crippen molar-refractivity contribution < 1.29 is 40.8 Å². The number of sulfone groups is 1. The first-order valence-electron chi connectivity index (χ1n) is 12.3. The Morgan fingerprint density at radius 2 is 1.75 bits per heavy atom. The Kier molecular flexibility index (Phi) is 9.65. The number of carbonyl (C=O) groups excluding carboxylic acids is 1. The van der Waals surface area contributed by atoms with Crippen molar-refractivity contribution in [3.8, 4) is 11.5 Å². The van der Waals surface area contributed by atoms with E-state index in [1.54, 1.807) is 42.2 Å². The number of pyridine rings is 1. The van der Waals surface area contributed by atoms with Crippen molar-refractivity contribution in [2.75, 3.05) is 6.61 Å². The van der Waals surface area contributed by atoms with Crippen LogP contribution in [0.5, 0.6) is 11.5 Å². The molecule has 2 aromatic carbocycles. The van der Waals surface area contributed by atoms with E-state index in [0.29, 0.717) is 33.7 Å². The SMILES string of the molecule is C[n+]1cc(Cl)c(CC(OC(=O)C=CS(=O)(=O)c2ccccc2)c2ccc(OC(F)F)c(OCC3CC3)c2)c(Cl)c1. The summed E-state index contributed by atoms with van der Waals surface area (Å²) in [5.74, 6) is -0.728. The minimum atomic E-state index is -3.90. The zero-order valence-corrected chi connectivity index (χ0v) is 23.6. The van der Waals surface area contributed by atoms with Crippen LogP contribution in [0, 0.1) is 5.92 Å². The molecule has 0 saturated heterocycles. The molecule has 40 heavy (non-hydrogen) atoms. The lowest BCUT2D eigenvalue weighted by Crippen LogP contribution is -2.27. The third kappa shape index (κ3) is 8.16.